The third-order valence-corrected chi connectivity index (χ3v) is 7.76. The molecular formula is C23H28N6O3S. The van der Waals surface area contributed by atoms with Gasteiger partial charge in [-0.15, -0.1) is 5.10 Å². The minimum Gasteiger partial charge on any atom is -0.326 e. The van der Waals surface area contributed by atoms with E-state index in [1.54, 1.807) is 24.3 Å². The summed E-state index contributed by atoms with van der Waals surface area (Å²) in [6, 6.07) is 14.6. The second-order valence-corrected chi connectivity index (χ2v) is 9.98. The van der Waals surface area contributed by atoms with E-state index >= 15 is 0 Å². The predicted molar refractivity (Wildman–Crippen MR) is 125 cm³/mol. The number of aryl methyl sites for hydroxylation is 1. The van der Waals surface area contributed by atoms with Gasteiger partial charge in [0.1, 0.15) is 0 Å². The van der Waals surface area contributed by atoms with Gasteiger partial charge in [0.25, 0.3) is 0 Å². The van der Waals surface area contributed by atoms with E-state index in [9.17, 15) is 13.2 Å². The Morgan fingerprint density at radius 2 is 1.85 bits per heavy atom. The highest BCUT2D eigenvalue weighted by molar-refractivity contribution is 7.89. The van der Waals surface area contributed by atoms with Gasteiger partial charge in [-0.05, 0) is 59.5 Å². The number of aromatic nitrogens is 4. The third-order valence-electron chi connectivity index (χ3n) is 5.70. The van der Waals surface area contributed by atoms with E-state index in [4.69, 9.17) is 0 Å². The lowest BCUT2D eigenvalue weighted by Gasteiger charge is -2.18. The fourth-order valence-electron chi connectivity index (χ4n) is 3.71. The standard InChI is InChI=1S/C23H28N6O3S/c1-3-28(4-2)33(31,32)21-13-8-17(9-14-21)10-15-22(30)24-19-7-5-6-18(16-19)23-25-26-27-29(23)20-11-12-20/h5-9,13-14,16,20H,3-4,10-12,15H2,1-2H3,(H,24,30). The average Bonchev–Trinajstić information content (AvgIpc) is 3.54. The van der Waals surface area contributed by atoms with E-state index in [1.807, 2.05) is 42.8 Å². The maximum absolute atomic E-state index is 12.6. The molecular weight excluding hydrogens is 440 g/mol. The minimum absolute atomic E-state index is 0.117. The molecule has 1 amide bonds. The molecule has 3 aromatic rings. The van der Waals surface area contributed by atoms with Crippen molar-refractivity contribution < 1.29 is 13.2 Å². The lowest BCUT2D eigenvalue weighted by Crippen LogP contribution is -2.30. The first-order valence-electron chi connectivity index (χ1n) is 11.2. The molecule has 9 nitrogen and oxygen atoms in total. The van der Waals surface area contributed by atoms with Crippen LogP contribution >= 0.6 is 0 Å². The Hall–Kier alpha value is -3.11. The summed E-state index contributed by atoms with van der Waals surface area (Å²) in [6.45, 7) is 4.49. The number of nitrogens with zero attached hydrogens (tertiary/aromatic N) is 5. The highest BCUT2D eigenvalue weighted by Gasteiger charge is 2.28. The Kier molecular flexibility index (Phi) is 6.85. The third kappa shape index (κ3) is 5.28. The van der Waals surface area contributed by atoms with Crippen molar-refractivity contribution in [1.82, 2.24) is 24.5 Å². The van der Waals surface area contributed by atoms with E-state index in [-0.39, 0.29) is 17.2 Å². The average molecular weight is 469 g/mol. The summed E-state index contributed by atoms with van der Waals surface area (Å²) in [5, 5.41) is 14.9. The minimum atomic E-state index is -3.48. The molecule has 10 heteroatoms. The number of hydrogen-bond donors (Lipinski definition) is 1. The van der Waals surface area contributed by atoms with E-state index in [0.717, 1.165) is 24.0 Å². The van der Waals surface area contributed by atoms with Crippen LogP contribution in [-0.4, -0.2) is 51.9 Å². The molecule has 1 aliphatic rings. The molecule has 0 radical (unpaired) electrons. The van der Waals surface area contributed by atoms with Crippen LogP contribution in [0.3, 0.4) is 0 Å². The molecule has 1 aliphatic carbocycles. The van der Waals surface area contributed by atoms with Gasteiger partial charge in [-0.3, -0.25) is 4.79 Å². The number of tetrazole rings is 1. The van der Waals surface area contributed by atoms with Crippen LogP contribution in [0.15, 0.2) is 53.4 Å². The van der Waals surface area contributed by atoms with Gasteiger partial charge >= 0.3 is 0 Å². The topological polar surface area (TPSA) is 110 Å². The molecule has 4 rings (SSSR count). The van der Waals surface area contributed by atoms with Gasteiger partial charge in [-0.1, -0.05) is 38.1 Å². The van der Waals surface area contributed by atoms with Crippen molar-refractivity contribution >= 4 is 21.6 Å². The molecule has 174 valence electrons. The first-order valence-corrected chi connectivity index (χ1v) is 12.6. The number of rotatable bonds is 10. The molecule has 1 N–H and O–H groups in total. The summed E-state index contributed by atoms with van der Waals surface area (Å²) in [7, 11) is -3.48. The van der Waals surface area contributed by atoms with Crippen LogP contribution in [0.25, 0.3) is 11.4 Å². The molecule has 0 saturated heterocycles. The van der Waals surface area contributed by atoms with Crippen molar-refractivity contribution in [2.45, 2.75) is 50.5 Å². The van der Waals surface area contributed by atoms with Crippen molar-refractivity contribution in [3.05, 3.63) is 54.1 Å². The number of anilines is 1. The monoisotopic (exact) mass is 468 g/mol. The van der Waals surface area contributed by atoms with Crippen molar-refractivity contribution in [3.63, 3.8) is 0 Å². The quantitative estimate of drug-likeness (QED) is 0.489. The first kappa shape index (κ1) is 23.1. The molecule has 33 heavy (non-hydrogen) atoms. The van der Waals surface area contributed by atoms with Crippen LogP contribution in [0, 0.1) is 0 Å². The van der Waals surface area contributed by atoms with Crippen LogP contribution in [-0.2, 0) is 21.2 Å². The number of carbonyl (C=O) groups is 1. The SMILES string of the molecule is CCN(CC)S(=O)(=O)c1ccc(CCC(=O)Nc2cccc(-c3nnnn3C3CC3)c2)cc1. The second kappa shape index (κ2) is 9.80. The fraction of sp³-hybridized carbons (Fsp3) is 0.391. The van der Waals surface area contributed by atoms with Gasteiger partial charge in [0.05, 0.1) is 10.9 Å². The first-order chi connectivity index (χ1) is 15.9. The Morgan fingerprint density at radius 1 is 1.12 bits per heavy atom. The largest absolute Gasteiger partial charge is 0.326 e. The zero-order valence-corrected chi connectivity index (χ0v) is 19.6. The van der Waals surface area contributed by atoms with Gasteiger partial charge < -0.3 is 5.32 Å². The predicted octanol–water partition coefficient (Wildman–Crippen LogP) is 3.28. The summed E-state index contributed by atoms with van der Waals surface area (Å²) in [4.78, 5) is 12.8. The molecule has 1 saturated carbocycles. The van der Waals surface area contributed by atoms with Gasteiger partial charge in [-0.2, -0.15) is 4.31 Å². The number of nitrogens with one attached hydrogen (secondary N) is 1. The molecule has 1 heterocycles. The summed E-state index contributed by atoms with van der Waals surface area (Å²) in [6.07, 6.45) is 2.96. The molecule has 0 atom stereocenters. The van der Waals surface area contributed by atoms with Gasteiger partial charge in [0.15, 0.2) is 5.82 Å². The zero-order chi connectivity index (χ0) is 23.4. The van der Waals surface area contributed by atoms with E-state index in [0.29, 0.717) is 37.1 Å². The Bertz CT molecular complexity index is 1220. The smallest absolute Gasteiger partial charge is 0.243 e. The number of amides is 1. The number of benzene rings is 2. The maximum Gasteiger partial charge on any atom is 0.243 e. The summed E-state index contributed by atoms with van der Waals surface area (Å²) in [5.74, 6) is 0.585. The molecule has 0 unspecified atom stereocenters. The van der Waals surface area contributed by atoms with E-state index < -0.39 is 10.0 Å². The normalized spacial score (nSPS) is 13.9. The van der Waals surface area contributed by atoms with E-state index in [2.05, 4.69) is 20.8 Å². The maximum atomic E-state index is 12.6. The van der Waals surface area contributed by atoms with Crippen molar-refractivity contribution in [2.24, 2.45) is 0 Å². The van der Waals surface area contributed by atoms with Gasteiger partial charge in [0, 0.05) is 30.8 Å². The molecule has 1 fully saturated rings. The second-order valence-electron chi connectivity index (χ2n) is 8.04. The number of hydrogen-bond acceptors (Lipinski definition) is 6. The number of carbonyl (C=O) groups excluding carboxylic acids is 1. The van der Waals surface area contributed by atoms with Crippen LogP contribution in [0.1, 0.15) is 44.7 Å². The molecule has 0 aliphatic heterocycles. The van der Waals surface area contributed by atoms with Crippen LogP contribution in [0.5, 0.6) is 0 Å². The highest BCUT2D eigenvalue weighted by atomic mass is 32.2. The molecule has 1 aromatic heterocycles. The fourth-order valence-corrected chi connectivity index (χ4v) is 5.16. The Balaban J connectivity index is 1.36. The highest BCUT2D eigenvalue weighted by Crippen LogP contribution is 2.36. The van der Waals surface area contributed by atoms with Crippen molar-refractivity contribution in [3.8, 4) is 11.4 Å². The van der Waals surface area contributed by atoms with Gasteiger partial charge in [-0.25, -0.2) is 13.1 Å². The van der Waals surface area contributed by atoms with Gasteiger partial charge in [0.2, 0.25) is 15.9 Å². The van der Waals surface area contributed by atoms with Crippen molar-refractivity contribution in [1.29, 1.82) is 0 Å². The molecule has 0 spiro atoms. The molecule has 2 aromatic carbocycles. The van der Waals surface area contributed by atoms with Crippen LogP contribution < -0.4 is 5.32 Å². The van der Waals surface area contributed by atoms with E-state index in [1.165, 1.54) is 4.31 Å². The summed E-state index contributed by atoms with van der Waals surface area (Å²) in [5.41, 5.74) is 2.44. The Labute approximate surface area is 193 Å². The number of sulfonamides is 1. The molecule has 0 bridgehead atoms. The van der Waals surface area contributed by atoms with Crippen LogP contribution in [0.4, 0.5) is 5.69 Å². The van der Waals surface area contributed by atoms with Crippen LogP contribution in [0.2, 0.25) is 0 Å². The zero-order valence-electron chi connectivity index (χ0n) is 18.8. The Morgan fingerprint density at radius 3 is 2.52 bits per heavy atom. The van der Waals surface area contributed by atoms with Crippen molar-refractivity contribution in [2.75, 3.05) is 18.4 Å². The lowest BCUT2D eigenvalue weighted by atomic mass is 10.1. The summed E-state index contributed by atoms with van der Waals surface area (Å²) < 4.78 is 28.5. The lowest BCUT2D eigenvalue weighted by molar-refractivity contribution is -0.116. The summed E-state index contributed by atoms with van der Waals surface area (Å²) >= 11 is 0.